The maximum Gasteiger partial charge on any atom is 0.220 e. The number of nitrogens with one attached hydrogen (secondary N) is 1. The Morgan fingerprint density at radius 2 is 2.05 bits per heavy atom. The van der Waals surface area contributed by atoms with Crippen LogP contribution in [0.1, 0.15) is 38.7 Å². The third kappa shape index (κ3) is 4.57. The van der Waals surface area contributed by atoms with Gasteiger partial charge in [0.2, 0.25) is 5.91 Å². The lowest BCUT2D eigenvalue weighted by Gasteiger charge is -2.28. The van der Waals surface area contributed by atoms with E-state index in [0.717, 1.165) is 12.8 Å². The Balaban J connectivity index is 2.43. The Labute approximate surface area is 119 Å². The summed E-state index contributed by atoms with van der Waals surface area (Å²) in [6, 6.07) is 10.0. The number of amides is 1. The minimum atomic E-state index is -0.793. The fourth-order valence-electron chi connectivity index (χ4n) is 1.91. The van der Waals surface area contributed by atoms with E-state index in [4.69, 9.17) is 10.9 Å². The van der Waals surface area contributed by atoms with Gasteiger partial charge in [-0.15, -0.1) is 0 Å². The van der Waals surface area contributed by atoms with Gasteiger partial charge < -0.3 is 16.3 Å². The van der Waals surface area contributed by atoms with Gasteiger partial charge in [0.25, 0.3) is 0 Å². The molecule has 1 amide bonds. The number of nitrogens with two attached hydrogens (primary N) is 1. The molecule has 0 aromatic heterocycles. The van der Waals surface area contributed by atoms with Crippen LogP contribution < -0.4 is 11.1 Å². The van der Waals surface area contributed by atoms with Gasteiger partial charge in [-0.1, -0.05) is 42.4 Å². The van der Waals surface area contributed by atoms with Crippen molar-refractivity contribution in [3.8, 4) is 0 Å². The van der Waals surface area contributed by atoms with Crippen LogP contribution in [0, 0.1) is 0 Å². The molecule has 0 radical (unpaired) electrons. The van der Waals surface area contributed by atoms with Crippen molar-refractivity contribution in [1.82, 2.24) is 5.32 Å². The number of amidine groups is 1. The maximum atomic E-state index is 11.9. The summed E-state index contributed by atoms with van der Waals surface area (Å²) in [5.41, 5.74) is 6.04. The SMILES string of the molecule is CCC(C)(NC(=O)CCCc1ccccc1)/C(N)=N/O. The topological polar surface area (TPSA) is 87.7 Å². The highest BCUT2D eigenvalue weighted by Gasteiger charge is 2.29. The summed E-state index contributed by atoms with van der Waals surface area (Å²) in [7, 11) is 0. The highest BCUT2D eigenvalue weighted by Crippen LogP contribution is 2.11. The molecule has 0 aliphatic carbocycles. The summed E-state index contributed by atoms with van der Waals surface area (Å²) in [5, 5.41) is 14.6. The van der Waals surface area contributed by atoms with Gasteiger partial charge in [0, 0.05) is 6.42 Å². The number of hydrogen-bond acceptors (Lipinski definition) is 3. The van der Waals surface area contributed by atoms with Gasteiger partial charge in [0.1, 0.15) is 0 Å². The van der Waals surface area contributed by atoms with Crippen molar-refractivity contribution < 1.29 is 10.0 Å². The van der Waals surface area contributed by atoms with Gasteiger partial charge in [-0.05, 0) is 31.7 Å². The van der Waals surface area contributed by atoms with Crippen LogP contribution in [0.5, 0.6) is 0 Å². The third-order valence-electron chi connectivity index (χ3n) is 3.51. The van der Waals surface area contributed by atoms with Crippen molar-refractivity contribution in [2.24, 2.45) is 10.9 Å². The highest BCUT2D eigenvalue weighted by atomic mass is 16.4. The monoisotopic (exact) mass is 277 g/mol. The van der Waals surface area contributed by atoms with Crippen LogP contribution in [0.3, 0.4) is 0 Å². The molecular formula is C15H23N3O2. The van der Waals surface area contributed by atoms with Crippen LogP contribution in [0.2, 0.25) is 0 Å². The maximum absolute atomic E-state index is 11.9. The van der Waals surface area contributed by atoms with Crippen molar-refractivity contribution in [3.05, 3.63) is 35.9 Å². The molecule has 0 aliphatic rings. The lowest BCUT2D eigenvalue weighted by Crippen LogP contribution is -2.55. The van der Waals surface area contributed by atoms with Crippen LogP contribution in [-0.4, -0.2) is 22.5 Å². The molecule has 0 spiro atoms. The molecule has 0 saturated heterocycles. The molecular weight excluding hydrogens is 254 g/mol. The second-order valence-corrected chi connectivity index (χ2v) is 5.06. The fraction of sp³-hybridized carbons (Fsp3) is 0.467. The Bertz CT molecular complexity index is 459. The molecule has 1 unspecified atom stereocenters. The lowest BCUT2D eigenvalue weighted by atomic mass is 9.97. The minimum absolute atomic E-state index is 0.0245. The van der Waals surface area contributed by atoms with Gasteiger partial charge in [-0.3, -0.25) is 4.79 Å². The number of nitrogens with zero attached hydrogens (tertiary/aromatic N) is 1. The first kappa shape index (κ1) is 16.0. The number of aryl methyl sites for hydroxylation is 1. The summed E-state index contributed by atoms with van der Waals surface area (Å²) in [5.74, 6) is -0.0618. The van der Waals surface area contributed by atoms with E-state index in [1.165, 1.54) is 5.56 Å². The normalized spacial score (nSPS) is 14.6. The molecule has 5 heteroatoms. The van der Waals surface area contributed by atoms with E-state index in [1.807, 2.05) is 37.3 Å². The first-order valence-corrected chi connectivity index (χ1v) is 6.84. The molecule has 1 atom stereocenters. The van der Waals surface area contributed by atoms with Gasteiger partial charge >= 0.3 is 0 Å². The van der Waals surface area contributed by atoms with Crippen molar-refractivity contribution in [2.75, 3.05) is 0 Å². The van der Waals surface area contributed by atoms with Gasteiger partial charge in [-0.2, -0.15) is 0 Å². The van der Waals surface area contributed by atoms with Crippen molar-refractivity contribution in [2.45, 2.75) is 45.1 Å². The zero-order valence-corrected chi connectivity index (χ0v) is 12.1. The van der Waals surface area contributed by atoms with Gasteiger partial charge in [0.15, 0.2) is 5.84 Å². The number of rotatable bonds is 7. The molecule has 0 saturated carbocycles. The Morgan fingerprint density at radius 3 is 2.60 bits per heavy atom. The summed E-state index contributed by atoms with van der Waals surface area (Å²) in [4.78, 5) is 11.9. The molecule has 0 heterocycles. The first-order chi connectivity index (χ1) is 9.51. The molecule has 0 aliphatic heterocycles. The number of carbonyl (C=O) groups is 1. The second kappa shape index (κ2) is 7.53. The van der Waals surface area contributed by atoms with Crippen molar-refractivity contribution in [1.29, 1.82) is 0 Å². The molecule has 110 valence electrons. The highest BCUT2D eigenvalue weighted by molar-refractivity contribution is 5.93. The van der Waals surface area contributed by atoms with E-state index in [-0.39, 0.29) is 11.7 Å². The summed E-state index contributed by atoms with van der Waals surface area (Å²) in [6.07, 6.45) is 2.61. The zero-order valence-electron chi connectivity index (χ0n) is 12.1. The predicted octanol–water partition coefficient (Wildman–Crippen LogP) is 2.04. The molecule has 0 bridgehead atoms. The standard InChI is InChI=1S/C15H23N3O2/c1-3-15(2,14(16)18-20)17-13(19)11-7-10-12-8-5-4-6-9-12/h4-6,8-9,20H,3,7,10-11H2,1-2H3,(H2,16,18)(H,17,19). The molecule has 1 rings (SSSR count). The largest absolute Gasteiger partial charge is 0.409 e. The van der Waals surface area contributed by atoms with Crippen LogP contribution in [0.15, 0.2) is 35.5 Å². The van der Waals surface area contributed by atoms with Gasteiger partial charge in [0.05, 0.1) is 5.54 Å². The van der Waals surface area contributed by atoms with E-state index in [1.54, 1.807) is 6.92 Å². The van der Waals surface area contributed by atoms with Gasteiger partial charge in [-0.25, -0.2) is 0 Å². The number of benzene rings is 1. The number of hydrogen-bond donors (Lipinski definition) is 3. The third-order valence-corrected chi connectivity index (χ3v) is 3.51. The van der Waals surface area contributed by atoms with Crippen LogP contribution in [0.25, 0.3) is 0 Å². The zero-order chi connectivity index (χ0) is 15.0. The van der Waals surface area contributed by atoms with E-state index in [0.29, 0.717) is 12.8 Å². The van der Waals surface area contributed by atoms with E-state index >= 15 is 0 Å². The predicted molar refractivity (Wildman–Crippen MR) is 79.6 cm³/mol. The average molecular weight is 277 g/mol. The summed E-state index contributed by atoms with van der Waals surface area (Å²) < 4.78 is 0. The van der Waals surface area contributed by atoms with Crippen LogP contribution in [0.4, 0.5) is 0 Å². The Kier molecular flexibility index (Phi) is 6.03. The quantitative estimate of drug-likeness (QED) is 0.308. The lowest BCUT2D eigenvalue weighted by molar-refractivity contribution is -0.122. The van der Waals surface area contributed by atoms with Crippen LogP contribution in [-0.2, 0) is 11.2 Å². The van der Waals surface area contributed by atoms with E-state index in [2.05, 4.69) is 10.5 Å². The summed E-state index contributed by atoms with van der Waals surface area (Å²) >= 11 is 0. The molecule has 4 N–H and O–H groups in total. The van der Waals surface area contributed by atoms with Crippen LogP contribution >= 0.6 is 0 Å². The van der Waals surface area contributed by atoms with Crippen molar-refractivity contribution in [3.63, 3.8) is 0 Å². The molecule has 20 heavy (non-hydrogen) atoms. The first-order valence-electron chi connectivity index (χ1n) is 6.84. The second-order valence-electron chi connectivity index (χ2n) is 5.06. The fourth-order valence-corrected chi connectivity index (χ4v) is 1.91. The van der Waals surface area contributed by atoms with Crippen molar-refractivity contribution >= 4 is 11.7 Å². The summed E-state index contributed by atoms with van der Waals surface area (Å²) in [6.45, 7) is 3.62. The molecule has 0 fully saturated rings. The molecule has 1 aromatic rings. The Morgan fingerprint density at radius 1 is 1.40 bits per heavy atom. The van der Waals surface area contributed by atoms with E-state index < -0.39 is 5.54 Å². The molecule has 1 aromatic carbocycles. The minimum Gasteiger partial charge on any atom is -0.409 e. The van der Waals surface area contributed by atoms with E-state index in [9.17, 15) is 4.79 Å². The Hall–Kier alpha value is -2.04. The molecule has 5 nitrogen and oxygen atoms in total. The smallest absolute Gasteiger partial charge is 0.220 e. The number of oxime groups is 1. The average Bonchev–Trinajstić information content (AvgIpc) is 2.47. The number of carbonyl (C=O) groups excluding carboxylic acids is 1.